The molecule has 1 saturated heterocycles. The molecule has 1 aromatic carbocycles. The minimum atomic E-state index is 0.0541. The lowest BCUT2D eigenvalue weighted by atomic mass is 9.92. The van der Waals surface area contributed by atoms with Gasteiger partial charge in [-0.1, -0.05) is 18.2 Å². The van der Waals surface area contributed by atoms with Gasteiger partial charge in [-0.05, 0) is 30.0 Å². The molecule has 1 fully saturated rings. The van der Waals surface area contributed by atoms with Crippen LogP contribution in [-0.2, 0) is 22.7 Å². The van der Waals surface area contributed by atoms with Gasteiger partial charge in [-0.3, -0.25) is 0 Å². The number of hydrogen-bond acceptors (Lipinski definition) is 2. The second-order valence-corrected chi connectivity index (χ2v) is 5.42. The van der Waals surface area contributed by atoms with Gasteiger partial charge >= 0.3 is 0 Å². The van der Waals surface area contributed by atoms with Gasteiger partial charge in [0.05, 0.1) is 24.7 Å². The summed E-state index contributed by atoms with van der Waals surface area (Å²) in [6, 6.07) is 6.48. The molecule has 3 rings (SSSR count). The van der Waals surface area contributed by atoms with E-state index in [9.17, 15) is 0 Å². The molecule has 0 bridgehead atoms. The molecule has 17 heavy (non-hydrogen) atoms. The van der Waals surface area contributed by atoms with Crippen LogP contribution in [0.25, 0.3) is 0 Å². The van der Waals surface area contributed by atoms with E-state index in [1.54, 1.807) is 0 Å². The molecule has 0 N–H and O–H groups in total. The van der Waals surface area contributed by atoms with E-state index in [0.29, 0.717) is 5.92 Å². The molecule has 0 spiro atoms. The fourth-order valence-corrected chi connectivity index (χ4v) is 3.21. The van der Waals surface area contributed by atoms with Gasteiger partial charge in [0.15, 0.2) is 0 Å². The zero-order chi connectivity index (χ0) is 11.8. The zero-order valence-corrected chi connectivity index (χ0v) is 10.7. The van der Waals surface area contributed by atoms with Gasteiger partial charge in [-0.2, -0.15) is 0 Å². The van der Waals surface area contributed by atoms with Gasteiger partial charge in [0, 0.05) is 12.5 Å². The Morgan fingerprint density at radius 3 is 2.88 bits per heavy atom. The maximum Gasteiger partial charge on any atom is 0.0725 e. The molecule has 0 amide bonds. The predicted octanol–water partition coefficient (Wildman–Crippen LogP) is 3.42. The number of ether oxygens (including phenoxy) is 2. The molecule has 2 aliphatic heterocycles. The van der Waals surface area contributed by atoms with Crippen LogP contribution in [0.3, 0.4) is 0 Å². The summed E-state index contributed by atoms with van der Waals surface area (Å²) in [4.78, 5) is 0. The highest BCUT2D eigenvalue weighted by molar-refractivity contribution is 6.21. The van der Waals surface area contributed by atoms with E-state index in [1.165, 1.54) is 16.7 Å². The Morgan fingerprint density at radius 1 is 1.29 bits per heavy atom. The van der Waals surface area contributed by atoms with Gasteiger partial charge in [-0.15, -0.1) is 11.6 Å². The van der Waals surface area contributed by atoms with Crippen LogP contribution in [0.5, 0.6) is 0 Å². The highest BCUT2D eigenvalue weighted by Gasteiger charge is 2.32. The second kappa shape index (κ2) is 4.60. The summed E-state index contributed by atoms with van der Waals surface area (Å²) in [6.07, 6.45) is 1.32. The molecular formula is C14H17ClO2. The molecule has 0 aliphatic carbocycles. The molecule has 0 saturated carbocycles. The fourth-order valence-electron chi connectivity index (χ4n) is 2.74. The number of alkyl halides is 1. The number of halogens is 1. The standard InChI is InChI=1S/C14H17ClO2/c1-9-13(4-5-17-9)14(15)10-2-3-11-7-16-8-12(11)6-10/h2-3,6,9,13-14H,4-5,7-8H2,1H3. The minimum absolute atomic E-state index is 0.0541. The van der Waals surface area contributed by atoms with Crippen LogP contribution in [0.2, 0.25) is 0 Å². The maximum atomic E-state index is 6.59. The van der Waals surface area contributed by atoms with E-state index in [0.717, 1.165) is 26.2 Å². The van der Waals surface area contributed by atoms with Crippen molar-refractivity contribution in [2.75, 3.05) is 6.61 Å². The third-order valence-corrected chi connectivity index (χ3v) is 4.45. The van der Waals surface area contributed by atoms with Crippen molar-refractivity contribution in [3.63, 3.8) is 0 Å². The SMILES string of the molecule is CC1OCCC1C(Cl)c1ccc2c(c1)COC2. The average molecular weight is 253 g/mol. The average Bonchev–Trinajstić information content (AvgIpc) is 2.95. The Kier molecular flexibility index (Phi) is 3.12. The van der Waals surface area contributed by atoms with Crippen LogP contribution in [0, 0.1) is 5.92 Å². The Balaban J connectivity index is 1.83. The van der Waals surface area contributed by atoms with Gasteiger partial charge < -0.3 is 9.47 Å². The molecule has 0 aromatic heterocycles. The van der Waals surface area contributed by atoms with E-state index in [4.69, 9.17) is 21.1 Å². The highest BCUT2D eigenvalue weighted by Crippen LogP contribution is 2.39. The van der Waals surface area contributed by atoms with Crippen molar-refractivity contribution < 1.29 is 9.47 Å². The van der Waals surface area contributed by atoms with E-state index in [-0.39, 0.29) is 11.5 Å². The molecule has 2 aliphatic rings. The molecule has 2 heterocycles. The normalized spacial score (nSPS) is 29.3. The Bertz CT molecular complexity index is 419. The van der Waals surface area contributed by atoms with Crippen LogP contribution in [0.4, 0.5) is 0 Å². The topological polar surface area (TPSA) is 18.5 Å². The number of hydrogen-bond donors (Lipinski definition) is 0. The predicted molar refractivity (Wildman–Crippen MR) is 67.1 cm³/mol. The quantitative estimate of drug-likeness (QED) is 0.751. The van der Waals surface area contributed by atoms with E-state index < -0.39 is 0 Å². The summed E-state index contributed by atoms with van der Waals surface area (Å²) in [5.74, 6) is 0.428. The van der Waals surface area contributed by atoms with Crippen molar-refractivity contribution in [2.45, 2.75) is 38.0 Å². The Morgan fingerprint density at radius 2 is 2.12 bits per heavy atom. The Hall–Kier alpha value is -0.570. The number of benzene rings is 1. The summed E-state index contributed by atoms with van der Waals surface area (Å²) in [7, 11) is 0. The fraction of sp³-hybridized carbons (Fsp3) is 0.571. The largest absolute Gasteiger partial charge is 0.378 e. The highest BCUT2D eigenvalue weighted by atomic mass is 35.5. The first-order chi connectivity index (χ1) is 8.25. The van der Waals surface area contributed by atoms with E-state index >= 15 is 0 Å². The van der Waals surface area contributed by atoms with Crippen molar-refractivity contribution in [2.24, 2.45) is 5.92 Å². The van der Waals surface area contributed by atoms with Gasteiger partial charge in [0.25, 0.3) is 0 Å². The first-order valence-electron chi connectivity index (χ1n) is 6.21. The molecule has 2 nitrogen and oxygen atoms in total. The third kappa shape index (κ3) is 2.10. The van der Waals surface area contributed by atoms with E-state index in [2.05, 4.69) is 25.1 Å². The van der Waals surface area contributed by atoms with Crippen LogP contribution < -0.4 is 0 Å². The first kappa shape index (κ1) is 11.5. The summed E-state index contributed by atoms with van der Waals surface area (Å²) < 4.78 is 11.0. The van der Waals surface area contributed by atoms with Crippen molar-refractivity contribution in [3.05, 3.63) is 34.9 Å². The van der Waals surface area contributed by atoms with Crippen LogP contribution in [-0.4, -0.2) is 12.7 Å². The summed E-state index contributed by atoms with van der Waals surface area (Å²) in [6.45, 7) is 4.42. The van der Waals surface area contributed by atoms with Crippen molar-refractivity contribution in [1.82, 2.24) is 0 Å². The van der Waals surface area contributed by atoms with Crippen molar-refractivity contribution in [3.8, 4) is 0 Å². The minimum Gasteiger partial charge on any atom is -0.378 e. The number of fused-ring (bicyclic) bond motifs is 1. The lowest BCUT2D eigenvalue weighted by Gasteiger charge is -2.21. The lowest BCUT2D eigenvalue weighted by molar-refractivity contribution is 0.105. The second-order valence-electron chi connectivity index (χ2n) is 4.95. The van der Waals surface area contributed by atoms with Crippen molar-refractivity contribution in [1.29, 1.82) is 0 Å². The van der Waals surface area contributed by atoms with Gasteiger partial charge in [0.1, 0.15) is 0 Å². The molecule has 1 aromatic rings. The molecule has 3 atom stereocenters. The monoisotopic (exact) mass is 252 g/mol. The number of rotatable bonds is 2. The smallest absolute Gasteiger partial charge is 0.0725 e. The van der Waals surface area contributed by atoms with Gasteiger partial charge in [-0.25, -0.2) is 0 Å². The summed E-state index contributed by atoms with van der Waals surface area (Å²) in [5, 5.41) is 0.0541. The third-order valence-electron chi connectivity index (χ3n) is 3.87. The Labute approximate surface area is 107 Å². The maximum absolute atomic E-state index is 6.59. The van der Waals surface area contributed by atoms with E-state index in [1.807, 2.05) is 0 Å². The summed E-state index contributed by atoms with van der Waals surface area (Å²) >= 11 is 6.59. The molecule has 92 valence electrons. The molecule has 3 unspecified atom stereocenters. The van der Waals surface area contributed by atoms with Crippen molar-refractivity contribution >= 4 is 11.6 Å². The molecule has 3 heteroatoms. The molecular weight excluding hydrogens is 236 g/mol. The first-order valence-corrected chi connectivity index (χ1v) is 6.64. The van der Waals surface area contributed by atoms with Crippen LogP contribution >= 0.6 is 11.6 Å². The van der Waals surface area contributed by atoms with Crippen LogP contribution in [0.15, 0.2) is 18.2 Å². The van der Waals surface area contributed by atoms with Crippen LogP contribution in [0.1, 0.15) is 35.4 Å². The zero-order valence-electron chi connectivity index (χ0n) is 9.99. The summed E-state index contributed by atoms with van der Waals surface area (Å²) in [5.41, 5.74) is 3.80. The van der Waals surface area contributed by atoms with Gasteiger partial charge in [0.2, 0.25) is 0 Å². The molecule has 0 radical (unpaired) electrons. The lowest BCUT2D eigenvalue weighted by Crippen LogP contribution is -2.16.